The Hall–Kier alpha value is -0.990. The minimum Gasteiger partial charge on any atom is -0.380 e. The van der Waals surface area contributed by atoms with E-state index in [0.29, 0.717) is 6.04 Å². The maximum absolute atomic E-state index is 4.18. The van der Waals surface area contributed by atoms with E-state index in [1.54, 1.807) is 0 Å². The average Bonchev–Trinajstić information content (AvgIpc) is 2.52. The highest BCUT2D eigenvalue weighted by atomic mass is 15.3. The summed E-state index contributed by atoms with van der Waals surface area (Å²) in [5, 5.41) is 7.54. The number of nitrogens with zero attached hydrogens (tertiary/aromatic N) is 2. The molecule has 0 aliphatic rings. The molecule has 0 aliphatic carbocycles. The summed E-state index contributed by atoms with van der Waals surface area (Å²) < 4.78 is 1.92. The topological polar surface area (TPSA) is 29.9 Å². The lowest BCUT2D eigenvalue weighted by atomic mass is 10.2. The van der Waals surface area contributed by atoms with Gasteiger partial charge in [-0.3, -0.25) is 4.68 Å². The molecule has 3 nitrogen and oxygen atoms in total. The second-order valence-electron chi connectivity index (χ2n) is 3.04. The highest BCUT2D eigenvalue weighted by molar-refractivity contribution is 5.38. The standard InChI is InChI=1S/C9H17N3/c1-4-8(3)11-9-6-10-12(5-2)7-9/h6-8,11H,4-5H2,1-3H3/t8-/m1/s1. The summed E-state index contributed by atoms with van der Waals surface area (Å²) in [6.07, 6.45) is 5.04. The summed E-state index contributed by atoms with van der Waals surface area (Å²) in [7, 11) is 0. The van der Waals surface area contributed by atoms with Crippen molar-refractivity contribution >= 4 is 5.69 Å². The van der Waals surface area contributed by atoms with Crippen molar-refractivity contribution in [1.82, 2.24) is 9.78 Å². The van der Waals surface area contributed by atoms with Crippen LogP contribution in [0.1, 0.15) is 27.2 Å². The Bertz CT molecular complexity index is 229. The Morgan fingerprint density at radius 1 is 1.58 bits per heavy atom. The van der Waals surface area contributed by atoms with E-state index in [2.05, 4.69) is 31.2 Å². The van der Waals surface area contributed by atoms with Crippen molar-refractivity contribution in [1.29, 1.82) is 0 Å². The summed E-state index contributed by atoms with van der Waals surface area (Å²) in [5.74, 6) is 0. The van der Waals surface area contributed by atoms with Crippen molar-refractivity contribution in [3.63, 3.8) is 0 Å². The third-order valence-electron chi connectivity index (χ3n) is 1.98. The van der Waals surface area contributed by atoms with Gasteiger partial charge in [-0.05, 0) is 20.3 Å². The van der Waals surface area contributed by atoms with Gasteiger partial charge in [-0.2, -0.15) is 5.10 Å². The van der Waals surface area contributed by atoms with Gasteiger partial charge in [-0.1, -0.05) is 6.92 Å². The third-order valence-corrected chi connectivity index (χ3v) is 1.98. The zero-order chi connectivity index (χ0) is 8.97. The van der Waals surface area contributed by atoms with Gasteiger partial charge in [0.2, 0.25) is 0 Å². The van der Waals surface area contributed by atoms with Crippen molar-refractivity contribution in [2.24, 2.45) is 0 Å². The van der Waals surface area contributed by atoms with Crippen molar-refractivity contribution in [2.45, 2.75) is 39.8 Å². The highest BCUT2D eigenvalue weighted by Crippen LogP contribution is 2.07. The number of aryl methyl sites for hydroxylation is 1. The monoisotopic (exact) mass is 167 g/mol. The minimum absolute atomic E-state index is 0.527. The number of hydrogen-bond donors (Lipinski definition) is 1. The van der Waals surface area contributed by atoms with E-state index in [4.69, 9.17) is 0 Å². The molecule has 1 aromatic heterocycles. The van der Waals surface area contributed by atoms with E-state index in [0.717, 1.165) is 18.7 Å². The van der Waals surface area contributed by atoms with Crippen molar-refractivity contribution in [3.8, 4) is 0 Å². The first kappa shape index (κ1) is 9.10. The van der Waals surface area contributed by atoms with Crippen LogP contribution in [-0.2, 0) is 6.54 Å². The fourth-order valence-corrected chi connectivity index (χ4v) is 0.998. The van der Waals surface area contributed by atoms with E-state index >= 15 is 0 Å². The average molecular weight is 167 g/mol. The van der Waals surface area contributed by atoms with Gasteiger partial charge in [0.15, 0.2) is 0 Å². The second-order valence-corrected chi connectivity index (χ2v) is 3.04. The normalized spacial score (nSPS) is 12.9. The van der Waals surface area contributed by atoms with E-state index < -0.39 is 0 Å². The Kier molecular flexibility index (Phi) is 3.14. The predicted octanol–water partition coefficient (Wildman–Crippen LogP) is 2.11. The predicted molar refractivity (Wildman–Crippen MR) is 51.3 cm³/mol. The first-order valence-corrected chi connectivity index (χ1v) is 4.55. The lowest BCUT2D eigenvalue weighted by Crippen LogP contribution is -2.12. The first-order chi connectivity index (χ1) is 5.76. The van der Waals surface area contributed by atoms with Crippen LogP contribution in [0.2, 0.25) is 0 Å². The molecule has 12 heavy (non-hydrogen) atoms. The van der Waals surface area contributed by atoms with Gasteiger partial charge < -0.3 is 5.32 Å². The lowest BCUT2D eigenvalue weighted by molar-refractivity contribution is 0.659. The zero-order valence-electron chi connectivity index (χ0n) is 8.04. The van der Waals surface area contributed by atoms with Crippen LogP contribution in [0.3, 0.4) is 0 Å². The Morgan fingerprint density at radius 3 is 2.83 bits per heavy atom. The molecule has 1 N–H and O–H groups in total. The Balaban J connectivity index is 2.52. The van der Waals surface area contributed by atoms with Crippen LogP contribution in [-0.4, -0.2) is 15.8 Å². The lowest BCUT2D eigenvalue weighted by Gasteiger charge is -2.09. The minimum atomic E-state index is 0.527. The van der Waals surface area contributed by atoms with Gasteiger partial charge in [-0.25, -0.2) is 0 Å². The maximum atomic E-state index is 4.18. The molecular formula is C9H17N3. The van der Waals surface area contributed by atoms with Crippen LogP contribution in [0, 0.1) is 0 Å². The third kappa shape index (κ3) is 2.26. The first-order valence-electron chi connectivity index (χ1n) is 4.55. The fourth-order valence-electron chi connectivity index (χ4n) is 0.998. The van der Waals surface area contributed by atoms with Gasteiger partial charge in [0.1, 0.15) is 0 Å². The van der Waals surface area contributed by atoms with Gasteiger partial charge in [-0.15, -0.1) is 0 Å². The van der Waals surface area contributed by atoms with Crippen LogP contribution in [0.5, 0.6) is 0 Å². The Labute approximate surface area is 73.8 Å². The molecule has 1 heterocycles. The molecule has 0 saturated carbocycles. The number of hydrogen-bond acceptors (Lipinski definition) is 2. The van der Waals surface area contributed by atoms with Gasteiger partial charge >= 0.3 is 0 Å². The maximum Gasteiger partial charge on any atom is 0.0728 e. The quantitative estimate of drug-likeness (QED) is 0.744. The largest absolute Gasteiger partial charge is 0.380 e. The molecule has 1 atom stereocenters. The number of anilines is 1. The highest BCUT2D eigenvalue weighted by Gasteiger charge is 2.00. The summed E-state index contributed by atoms with van der Waals surface area (Å²) in [5.41, 5.74) is 1.12. The van der Waals surface area contributed by atoms with Gasteiger partial charge in [0.25, 0.3) is 0 Å². The molecule has 1 aromatic rings. The molecular weight excluding hydrogens is 150 g/mol. The van der Waals surface area contributed by atoms with Gasteiger partial charge in [0.05, 0.1) is 11.9 Å². The molecule has 0 amide bonds. The molecule has 0 aromatic carbocycles. The molecule has 0 radical (unpaired) electrons. The second kappa shape index (κ2) is 4.14. The van der Waals surface area contributed by atoms with Crippen LogP contribution < -0.4 is 5.32 Å². The Morgan fingerprint density at radius 2 is 2.33 bits per heavy atom. The smallest absolute Gasteiger partial charge is 0.0728 e. The molecule has 0 bridgehead atoms. The molecule has 0 fully saturated rings. The van der Waals surface area contributed by atoms with Crippen LogP contribution in [0.15, 0.2) is 12.4 Å². The van der Waals surface area contributed by atoms with Crippen LogP contribution in [0.25, 0.3) is 0 Å². The summed E-state index contributed by atoms with van der Waals surface area (Å²) in [6.45, 7) is 7.35. The van der Waals surface area contributed by atoms with Crippen LogP contribution >= 0.6 is 0 Å². The summed E-state index contributed by atoms with van der Waals surface area (Å²) in [4.78, 5) is 0. The molecule has 0 saturated heterocycles. The number of nitrogens with one attached hydrogen (secondary N) is 1. The van der Waals surface area contributed by atoms with Crippen LogP contribution in [0.4, 0.5) is 5.69 Å². The SMILES string of the molecule is CC[C@@H](C)Nc1cnn(CC)c1. The van der Waals surface area contributed by atoms with E-state index in [-0.39, 0.29) is 0 Å². The summed E-state index contributed by atoms with van der Waals surface area (Å²) >= 11 is 0. The molecule has 0 unspecified atom stereocenters. The molecule has 0 spiro atoms. The van der Waals surface area contributed by atoms with Crippen molar-refractivity contribution < 1.29 is 0 Å². The van der Waals surface area contributed by atoms with Gasteiger partial charge in [0, 0.05) is 18.8 Å². The van der Waals surface area contributed by atoms with Crippen molar-refractivity contribution in [3.05, 3.63) is 12.4 Å². The molecule has 68 valence electrons. The summed E-state index contributed by atoms with van der Waals surface area (Å²) in [6, 6.07) is 0.527. The number of aromatic nitrogens is 2. The zero-order valence-corrected chi connectivity index (χ0v) is 8.04. The fraction of sp³-hybridized carbons (Fsp3) is 0.667. The molecule has 1 rings (SSSR count). The van der Waals surface area contributed by atoms with E-state index in [1.807, 2.05) is 17.1 Å². The van der Waals surface area contributed by atoms with E-state index in [9.17, 15) is 0 Å². The molecule has 3 heteroatoms. The molecule has 0 aliphatic heterocycles. The number of rotatable bonds is 4. The van der Waals surface area contributed by atoms with E-state index in [1.165, 1.54) is 0 Å². The van der Waals surface area contributed by atoms with Crippen molar-refractivity contribution in [2.75, 3.05) is 5.32 Å².